The summed E-state index contributed by atoms with van der Waals surface area (Å²) < 4.78 is 65.7. The molecule has 4 nitrogen and oxygen atoms in total. The topological polar surface area (TPSA) is 46.4 Å². The second-order valence-corrected chi connectivity index (χ2v) is 5.87. The number of nitrogens with zero attached hydrogens (tertiary/aromatic N) is 2. The summed E-state index contributed by atoms with van der Waals surface area (Å²) in [5.74, 6) is -0.249. The van der Waals surface area contributed by atoms with Gasteiger partial charge in [-0.15, -0.1) is 0 Å². The lowest BCUT2D eigenvalue weighted by Gasteiger charge is -2.16. The van der Waals surface area contributed by atoms with Crippen molar-refractivity contribution in [2.45, 2.75) is 19.5 Å². The van der Waals surface area contributed by atoms with Gasteiger partial charge < -0.3 is 5.32 Å². The Balaban J connectivity index is 2.34. The number of hydrogen-bond acceptors (Lipinski definition) is 3. The van der Waals surface area contributed by atoms with Crippen LogP contribution in [0.5, 0.6) is 0 Å². The van der Waals surface area contributed by atoms with Crippen molar-refractivity contribution >= 4 is 11.5 Å². The Morgan fingerprint density at radius 2 is 1.89 bits per heavy atom. The first kappa shape index (κ1) is 18.8. The molecule has 2 aromatic heterocycles. The van der Waals surface area contributed by atoms with E-state index in [4.69, 9.17) is 0 Å². The minimum Gasteiger partial charge on any atom is -0.350 e. The third kappa shape index (κ3) is 3.76. The van der Waals surface area contributed by atoms with Gasteiger partial charge in [-0.25, -0.2) is 8.78 Å². The molecule has 142 valence electrons. The maximum absolute atomic E-state index is 13.2. The van der Waals surface area contributed by atoms with Crippen molar-refractivity contribution < 1.29 is 22.0 Å². The van der Waals surface area contributed by atoms with Crippen LogP contribution < -0.4 is 10.9 Å². The zero-order valence-electron chi connectivity index (χ0n) is 14.0. The van der Waals surface area contributed by atoms with Gasteiger partial charge in [0.25, 0.3) is 12.0 Å². The molecule has 27 heavy (non-hydrogen) atoms. The summed E-state index contributed by atoms with van der Waals surface area (Å²) in [7, 11) is 0. The maximum atomic E-state index is 13.2. The molecule has 3 aromatic rings. The van der Waals surface area contributed by atoms with E-state index in [1.54, 1.807) is 31.2 Å². The van der Waals surface area contributed by atoms with Gasteiger partial charge in [-0.1, -0.05) is 24.3 Å². The van der Waals surface area contributed by atoms with Gasteiger partial charge in [0, 0.05) is 6.20 Å². The molecule has 0 amide bonds. The first-order chi connectivity index (χ1) is 12.7. The fraction of sp³-hybridized carbons (Fsp3) is 0.222. The second kappa shape index (κ2) is 6.98. The molecule has 0 radical (unpaired) electrons. The van der Waals surface area contributed by atoms with E-state index >= 15 is 0 Å². The highest BCUT2D eigenvalue weighted by Crippen LogP contribution is 2.33. The average Bonchev–Trinajstić information content (AvgIpc) is 2.59. The molecule has 3 rings (SSSR count). The van der Waals surface area contributed by atoms with E-state index in [-0.39, 0.29) is 17.0 Å². The summed E-state index contributed by atoms with van der Waals surface area (Å²) in [5, 5.41) is 2.30. The van der Waals surface area contributed by atoms with Crippen LogP contribution in [0.2, 0.25) is 0 Å². The highest BCUT2D eigenvalue weighted by Gasteiger charge is 2.31. The molecule has 0 atom stereocenters. The molecule has 2 heterocycles. The Bertz CT molecular complexity index is 1040. The fourth-order valence-electron chi connectivity index (χ4n) is 2.77. The molecule has 9 heteroatoms. The largest absolute Gasteiger partial charge is 0.416 e. The molecule has 0 aliphatic rings. The van der Waals surface area contributed by atoms with Gasteiger partial charge in [0.2, 0.25) is 5.95 Å². The first-order valence-corrected chi connectivity index (χ1v) is 7.90. The van der Waals surface area contributed by atoms with Crippen molar-refractivity contribution in [2.75, 3.05) is 11.9 Å². The number of alkyl halides is 5. The molecule has 0 saturated heterocycles. The molecule has 0 aliphatic carbocycles. The van der Waals surface area contributed by atoms with Crippen molar-refractivity contribution in [1.82, 2.24) is 9.38 Å². The summed E-state index contributed by atoms with van der Waals surface area (Å²) in [4.78, 5) is 16.3. The summed E-state index contributed by atoms with van der Waals surface area (Å²) >= 11 is 0. The minimum absolute atomic E-state index is 0.0261. The van der Waals surface area contributed by atoms with Crippen LogP contribution in [0.3, 0.4) is 0 Å². The number of halogens is 5. The Hall–Kier alpha value is -2.97. The van der Waals surface area contributed by atoms with Crippen LogP contribution in [-0.2, 0) is 6.18 Å². The number of fused-ring (bicyclic) bond motifs is 1. The summed E-state index contributed by atoms with van der Waals surface area (Å²) in [6.07, 6.45) is -6.29. The number of aryl methyl sites for hydroxylation is 1. The zero-order chi connectivity index (χ0) is 19.8. The molecule has 0 saturated carbocycles. The van der Waals surface area contributed by atoms with Gasteiger partial charge in [-0.3, -0.25) is 9.20 Å². The van der Waals surface area contributed by atoms with Crippen molar-refractivity contribution in [3.8, 4) is 11.1 Å². The van der Waals surface area contributed by atoms with Gasteiger partial charge in [0.05, 0.1) is 23.2 Å². The number of anilines is 1. The van der Waals surface area contributed by atoms with Crippen LogP contribution in [-0.4, -0.2) is 22.4 Å². The van der Waals surface area contributed by atoms with Gasteiger partial charge in [-0.05, 0) is 30.2 Å². The van der Waals surface area contributed by atoms with E-state index in [1.165, 1.54) is 4.40 Å². The van der Waals surface area contributed by atoms with E-state index in [0.29, 0.717) is 11.1 Å². The molecular weight excluding hydrogens is 369 g/mol. The molecule has 1 aromatic carbocycles. The number of rotatable bonds is 4. The SMILES string of the molecule is Cc1ccccc1-c1c(=O)nc(NCC(F)F)n2ccc(C(F)(F)F)cc12. The molecule has 1 N–H and O–H groups in total. The quantitative estimate of drug-likeness (QED) is 0.681. The molecule has 0 aliphatic heterocycles. The monoisotopic (exact) mass is 383 g/mol. The van der Waals surface area contributed by atoms with Gasteiger partial charge >= 0.3 is 6.18 Å². The zero-order valence-corrected chi connectivity index (χ0v) is 14.0. The lowest BCUT2D eigenvalue weighted by molar-refractivity contribution is -0.137. The van der Waals surface area contributed by atoms with E-state index in [9.17, 15) is 26.7 Å². The highest BCUT2D eigenvalue weighted by atomic mass is 19.4. The maximum Gasteiger partial charge on any atom is 0.416 e. The molecule has 0 bridgehead atoms. The highest BCUT2D eigenvalue weighted by molar-refractivity contribution is 5.82. The minimum atomic E-state index is -4.62. The number of aromatic nitrogens is 2. The Labute approximate surface area is 150 Å². The lowest BCUT2D eigenvalue weighted by atomic mass is 10.0. The summed E-state index contributed by atoms with van der Waals surface area (Å²) in [5.41, 5.74) is -0.767. The molecule has 0 fully saturated rings. The van der Waals surface area contributed by atoms with Gasteiger partial charge in [0.1, 0.15) is 0 Å². The average molecular weight is 383 g/mol. The van der Waals surface area contributed by atoms with Crippen LogP contribution in [0.25, 0.3) is 16.6 Å². The third-order valence-electron chi connectivity index (χ3n) is 4.02. The van der Waals surface area contributed by atoms with Crippen molar-refractivity contribution in [3.63, 3.8) is 0 Å². The van der Waals surface area contributed by atoms with Crippen LogP contribution >= 0.6 is 0 Å². The van der Waals surface area contributed by atoms with E-state index in [2.05, 4.69) is 10.3 Å². The predicted molar refractivity (Wildman–Crippen MR) is 91.1 cm³/mol. The lowest BCUT2D eigenvalue weighted by Crippen LogP contribution is -2.21. The fourth-order valence-corrected chi connectivity index (χ4v) is 2.77. The van der Waals surface area contributed by atoms with Crippen LogP contribution in [0.4, 0.5) is 27.9 Å². The molecule has 0 unspecified atom stereocenters. The number of benzene rings is 1. The number of nitrogens with one attached hydrogen (secondary N) is 1. The van der Waals surface area contributed by atoms with Crippen molar-refractivity contribution in [3.05, 3.63) is 64.1 Å². The standard InChI is InChI=1S/C18H14F5N3O/c1-10-4-2-3-5-12(10)15-13-8-11(18(21,22)23)6-7-26(13)17(25-16(15)27)24-9-14(19)20/h2-8,14H,9H2,1H3,(H,24,25,27). The number of pyridine rings is 1. The van der Waals surface area contributed by atoms with Crippen LogP contribution in [0.1, 0.15) is 11.1 Å². The Kier molecular flexibility index (Phi) is 4.86. The van der Waals surface area contributed by atoms with Crippen molar-refractivity contribution in [1.29, 1.82) is 0 Å². The molecular formula is C18H14F5N3O. The summed E-state index contributed by atoms with van der Waals surface area (Å²) in [6, 6.07) is 8.30. The molecule has 0 spiro atoms. The third-order valence-corrected chi connectivity index (χ3v) is 4.02. The van der Waals surface area contributed by atoms with Crippen molar-refractivity contribution in [2.24, 2.45) is 0 Å². The second-order valence-electron chi connectivity index (χ2n) is 5.87. The normalized spacial score (nSPS) is 12.0. The number of hydrogen-bond donors (Lipinski definition) is 1. The van der Waals surface area contributed by atoms with E-state index < -0.39 is 30.3 Å². The van der Waals surface area contributed by atoms with Gasteiger partial charge in [0.15, 0.2) is 0 Å². The van der Waals surface area contributed by atoms with Crippen LogP contribution in [0.15, 0.2) is 47.4 Å². The summed E-state index contributed by atoms with van der Waals surface area (Å²) in [6.45, 7) is 0.918. The van der Waals surface area contributed by atoms with Gasteiger partial charge in [-0.2, -0.15) is 18.2 Å². The first-order valence-electron chi connectivity index (χ1n) is 7.90. The predicted octanol–water partition coefficient (Wildman–Crippen LogP) is 4.37. The Morgan fingerprint density at radius 3 is 2.52 bits per heavy atom. The Morgan fingerprint density at radius 1 is 1.19 bits per heavy atom. The van der Waals surface area contributed by atoms with E-state index in [0.717, 1.165) is 18.3 Å². The smallest absolute Gasteiger partial charge is 0.350 e. The van der Waals surface area contributed by atoms with E-state index in [1.807, 2.05) is 0 Å². The van der Waals surface area contributed by atoms with Crippen LogP contribution in [0, 0.1) is 6.92 Å².